The molecule has 1 fully saturated rings. The zero-order chi connectivity index (χ0) is 17.8. The Labute approximate surface area is 146 Å². The van der Waals surface area contributed by atoms with Gasteiger partial charge in [-0.15, -0.1) is 0 Å². The molecule has 0 spiro atoms. The molecule has 0 unspecified atom stereocenters. The lowest BCUT2D eigenvalue weighted by molar-refractivity contribution is 0.0338. The highest BCUT2D eigenvalue weighted by molar-refractivity contribution is 5.38. The van der Waals surface area contributed by atoms with Crippen molar-refractivity contribution >= 4 is 5.95 Å². The molecule has 1 aliphatic rings. The third-order valence-electron chi connectivity index (χ3n) is 4.33. The number of aliphatic hydroxyl groups excluding tert-OH is 1. The van der Waals surface area contributed by atoms with Crippen LogP contribution in [0, 0.1) is 5.92 Å². The Bertz CT molecular complexity index is 682. The van der Waals surface area contributed by atoms with Gasteiger partial charge in [-0.3, -0.25) is 0 Å². The number of aliphatic hydroxyl groups is 1. The van der Waals surface area contributed by atoms with E-state index in [4.69, 9.17) is 14.2 Å². The van der Waals surface area contributed by atoms with Crippen LogP contribution in [0.1, 0.15) is 24.4 Å². The fourth-order valence-electron chi connectivity index (χ4n) is 2.89. The standard InChI is InChI=1S/C17H22N4O4/c1-23-13-5-4-10(9-18-13)16(11-6-12(22)7-11)21-17-19-14(24-2)8-15(20-17)25-3/h4-5,8-9,11-12,16,22H,6-7H2,1-3H3,(H,19,20,21)/t11?,12?,16-/m1/s1. The molecule has 1 saturated carbocycles. The van der Waals surface area contributed by atoms with E-state index in [2.05, 4.69) is 20.3 Å². The summed E-state index contributed by atoms with van der Waals surface area (Å²) in [4.78, 5) is 12.9. The molecule has 0 saturated heterocycles. The highest BCUT2D eigenvalue weighted by atomic mass is 16.5. The number of ether oxygens (including phenoxy) is 3. The van der Waals surface area contributed by atoms with Crippen LogP contribution in [0.15, 0.2) is 24.4 Å². The van der Waals surface area contributed by atoms with Crippen LogP contribution in [0.2, 0.25) is 0 Å². The van der Waals surface area contributed by atoms with Crippen LogP contribution in [-0.4, -0.2) is 47.5 Å². The van der Waals surface area contributed by atoms with Crippen molar-refractivity contribution in [2.45, 2.75) is 25.0 Å². The minimum absolute atomic E-state index is 0.0846. The number of anilines is 1. The predicted octanol–water partition coefficient (Wildman–Crippen LogP) is 1.82. The molecule has 2 aromatic rings. The van der Waals surface area contributed by atoms with Crippen molar-refractivity contribution in [3.63, 3.8) is 0 Å². The van der Waals surface area contributed by atoms with Crippen LogP contribution in [0.4, 0.5) is 5.95 Å². The van der Waals surface area contributed by atoms with Crippen molar-refractivity contribution in [2.75, 3.05) is 26.6 Å². The van der Waals surface area contributed by atoms with Gasteiger partial charge in [0.05, 0.1) is 39.5 Å². The lowest BCUT2D eigenvalue weighted by Gasteiger charge is -2.38. The van der Waals surface area contributed by atoms with Crippen LogP contribution in [0.5, 0.6) is 17.6 Å². The van der Waals surface area contributed by atoms with Crippen LogP contribution in [0.25, 0.3) is 0 Å². The molecular weight excluding hydrogens is 324 g/mol. The predicted molar refractivity (Wildman–Crippen MR) is 91.0 cm³/mol. The van der Waals surface area contributed by atoms with Crippen molar-refractivity contribution in [3.05, 3.63) is 30.0 Å². The molecule has 0 radical (unpaired) electrons. The van der Waals surface area contributed by atoms with Gasteiger partial charge in [0.2, 0.25) is 23.6 Å². The SMILES string of the molecule is COc1ccc([C@@H](Nc2nc(OC)cc(OC)n2)C2CC(O)C2)cn1. The Hall–Kier alpha value is -2.61. The average molecular weight is 346 g/mol. The number of hydrogen-bond donors (Lipinski definition) is 2. The number of aromatic nitrogens is 3. The van der Waals surface area contributed by atoms with E-state index in [0.717, 1.165) is 5.56 Å². The Kier molecular flexibility index (Phi) is 5.18. The third-order valence-corrected chi connectivity index (χ3v) is 4.33. The van der Waals surface area contributed by atoms with Crippen molar-refractivity contribution in [1.29, 1.82) is 0 Å². The maximum Gasteiger partial charge on any atom is 0.229 e. The largest absolute Gasteiger partial charge is 0.481 e. The van der Waals surface area contributed by atoms with Gasteiger partial charge >= 0.3 is 0 Å². The van der Waals surface area contributed by atoms with Gasteiger partial charge in [0.1, 0.15) is 0 Å². The average Bonchev–Trinajstić information content (AvgIpc) is 2.63. The molecule has 8 heteroatoms. The van der Waals surface area contributed by atoms with Gasteiger partial charge in [0.25, 0.3) is 0 Å². The van der Waals surface area contributed by atoms with Crippen LogP contribution in [-0.2, 0) is 0 Å². The summed E-state index contributed by atoms with van der Waals surface area (Å²) >= 11 is 0. The minimum Gasteiger partial charge on any atom is -0.481 e. The molecule has 2 N–H and O–H groups in total. The maximum absolute atomic E-state index is 9.69. The number of pyridine rings is 1. The molecule has 0 bridgehead atoms. The van der Waals surface area contributed by atoms with E-state index in [1.165, 1.54) is 0 Å². The number of rotatable bonds is 7. The van der Waals surface area contributed by atoms with Crippen molar-refractivity contribution in [1.82, 2.24) is 15.0 Å². The number of methoxy groups -OCH3 is 3. The van der Waals surface area contributed by atoms with E-state index in [1.54, 1.807) is 33.6 Å². The topological polar surface area (TPSA) is 98.6 Å². The number of nitrogens with zero attached hydrogens (tertiary/aromatic N) is 3. The van der Waals surface area contributed by atoms with E-state index in [-0.39, 0.29) is 18.1 Å². The molecule has 8 nitrogen and oxygen atoms in total. The summed E-state index contributed by atoms with van der Waals surface area (Å²) in [6.07, 6.45) is 2.93. The summed E-state index contributed by atoms with van der Waals surface area (Å²) in [5.41, 5.74) is 0.975. The van der Waals surface area contributed by atoms with E-state index in [0.29, 0.717) is 36.4 Å². The molecule has 1 atom stereocenters. The fraction of sp³-hybridized carbons (Fsp3) is 0.471. The van der Waals surface area contributed by atoms with Crippen LogP contribution >= 0.6 is 0 Å². The lowest BCUT2D eigenvalue weighted by Crippen LogP contribution is -2.36. The first-order chi connectivity index (χ1) is 12.1. The summed E-state index contributed by atoms with van der Waals surface area (Å²) in [6, 6.07) is 5.29. The normalized spacial score (nSPS) is 20.3. The minimum atomic E-state index is -0.263. The third kappa shape index (κ3) is 3.90. The molecule has 2 heterocycles. The second-order valence-electron chi connectivity index (χ2n) is 5.92. The molecule has 0 aliphatic heterocycles. The highest BCUT2D eigenvalue weighted by Gasteiger charge is 2.35. The Morgan fingerprint density at radius 2 is 1.68 bits per heavy atom. The molecule has 134 valence electrons. The Morgan fingerprint density at radius 1 is 1.04 bits per heavy atom. The summed E-state index contributed by atoms with van der Waals surface area (Å²) in [5, 5.41) is 13.0. The van der Waals surface area contributed by atoms with Gasteiger partial charge in [-0.1, -0.05) is 6.07 Å². The van der Waals surface area contributed by atoms with Gasteiger partial charge in [-0.2, -0.15) is 9.97 Å². The lowest BCUT2D eigenvalue weighted by atomic mass is 9.75. The van der Waals surface area contributed by atoms with Gasteiger partial charge in [0.15, 0.2) is 0 Å². The Balaban J connectivity index is 1.87. The molecule has 2 aromatic heterocycles. The van der Waals surface area contributed by atoms with E-state index in [9.17, 15) is 5.11 Å². The van der Waals surface area contributed by atoms with E-state index < -0.39 is 0 Å². The monoisotopic (exact) mass is 346 g/mol. The van der Waals surface area contributed by atoms with Gasteiger partial charge in [0, 0.05) is 12.3 Å². The first kappa shape index (κ1) is 17.2. The molecular formula is C17H22N4O4. The first-order valence-electron chi connectivity index (χ1n) is 8.04. The van der Waals surface area contributed by atoms with Crippen LogP contribution < -0.4 is 19.5 Å². The first-order valence-corrected chi connectivity index (χ1v) is 8.04. The van der Waals surface area contributed by atoms with Crippen molar-refractivity contribution < 1.29 is 19.3 Å². The van der Waals surface area contributed by atoms with Gasteiger partial charge in [-0.25, -0.2) is 4.98 Å². The second kappa shape index (κ2) is 7.52. The highest BCUT2D eigenvalue weighted by Crippen LogP contribution is 2.40. The smallest absolute Gasteiger partial charge is 0.229 e. The number of nitrogens with one attached hydrogen (secondary N) is 1. The quantitative estimate of drug-likeness (QED) is 0.783. The molecule has 0 aromatic carbocycles. The molecule has 3 rings (SSSR count). The molecule has 1 aliphatic carbocycles. The van der Waals surface area contributed by atoms with Crippen molar-refractivity contribution in [2.24, 2.45) is 5.92 Å². The van der Waals surface area contributed by atoms with Crippen molar-refractivity contribution in [3.8, 4) is 17.6 Å². The summed E-state index contributed by atoms with van der Waals surface area (Å²) < 4.78 is 15.5. The maximum atomic E-state index is 9.69. The second-order valence-corrected chi connectivity index (χ2v) is 5.92. The van der Waals surface area contributed by atoms with E-state index >= 15 is 0 Å². The Morgan fingerprint density at radius 3 is 2.16 bits per heavy atom. The fourth-order valence-corrected chi connectivity index (χ4v) is 2.89. The van der Waals surface area contributed by atoms with Crippen LogP contribution in [0.3, 0.4) is 0 Å². The summed E-state index contributed by atoms with van der Waals surface area (Å²) in [6.45, 7) is 0. The van der Waals surface area contributed by atoms with Gasteiger partial charge < -0.3 is 24.6 Å². The zero-order valence-electron chi connectivity index (χ0n) is 14.5. The van der Waals surface area contributed by atoms with Gasteiger partial charge in [-0.05, 0) is 24.3 Å². The summed E-state index contributed by atoms with van der Waals surface area (Å²) in [5.74, 6) is 2.03. The molecule has 25 heavy (non-hydrogen) atoms. The molecule has 0 amide bonds. The zero-order valence-corrected chi connectivity index (χ0v) is 14.5. The van der Waals surface area contributed by atoms with E-state index in [1.807, 2.05) is 12.1 Å². The number of hydrogen-bond acceptors (Lipinski definition) is 8. The summed E-state index contributed by atoms with van der Waals surface area (Å²) in [7, 11) is 4.66.